The van der Waals surface area contributed by atoms with Crippen LogP contribution in [0.15, 0.2) is 53.7 Å². The molecular weight excluding hydrogens is 326 g/mol. The van der Waals surface area contributed by atoms with Crippen molar-refractivity contribution in [2.45, 2.75) is 27.2 Å². The normalized spacial score (nSPS) is 11.2. The van der Waals surface area contributed by atoms with Gasteiger partial charge in [0.25, 0.3) is 0 Å². The zero-order valence-corrected chi connectivity index (χ0v) is 16.0. The van der Waals surface area contributed by atoms with Crippen LogP contribution in [0.1, 0.15) is 29.2 Å². The Labute approximate surface area is 156 Å². The summed E-state index contributed by atoms with van der Waals surface area (Å²) >= 11 is 0. The monoisotopic (exact) mass is 353 g/mol. The smallest absolute Gasteiger partial charge is 0.125 e. The van der Waals surface area contributed by atoms with Gasteiger partial charge in [-0.15, -0.1) is 0 Å². The van der Waals surface area contributed by atoms with Crippen molar-refractivity contribution in [3.8, 4) is 11.5 Å². The first-order valence-corrected chi connectivity index (χ1v) is 8.78. The summed E-state index contributed by atoms with van der Waals surface area (Å²) < 4.78 is 11.8. The minimum absolute atomic E-state index is 0.579. The van der Waals surface area contributed by atoms with Gasteiger partial charge in [-0.2, -0.15) is 0 Å². The maximum Gasteiger partial charge on any atom is 0.125 e. The maximum atomic E-state index is 6.07. The molecule has 0 saturated heterocycles. The summed E-state index contributed by atoms with van der Waals surface area (Å²) in [7, 11) is 1.54. The van der Waals surface area contributed by atoms with E-state index in [1.54, 1.807) is 13.3 Å². The second-order valence-corrected chi connectivity index (χ2v) is 5.98. The van der Waals surface area contributed by atoms with Gasteiger partial charge in [0, 0.05) is 6.42 Å². The molecule has 4 heteroatoms. The molecule has 0 amide bonds. The molecule has 0 aliphatic carbocycles. The highest BCUT2D eigenvalue weighted by atomic mass is 16.6. The standard InChI is InChI=1S/C22H27NO3/c1-5-6-12-25-21-14-17(2)22(18(3)15-21)26-13-11-19-9-7-8-10-20(19)16-23-24-4/h5-10,14-16H,11-13H2,1-4H3/b6-5+,23-16+. The summed E-state index contributed by atoms with van der Waals surface area (Å²) in [6, 6.07) is 12.1. The molecule has 0 heterocycles. The first-order chi connectivity index (χ1) is 12.7. The quantitative estimate of drug-likeness (QED) is 0.367. The van der Waals surface area contributed by atoms with Gasteiger partial charge in [-0.1, -0.05) is 41.6 Å². The van der Waals surface area contributed by atoms with Gasteiger partial charge in [-0.05, 0) is 55.2 Å². The minimum atomic E-state index is 0.579. The average molecular weight is 353 g/mol. The molecular formula is C22H27NO3. The number of oxime groups is 1. The van der Waals surface area contributed by atoms with Crippen LogP contribution in [0, 0.1) is 13.8 Å². The molecule has 2 rings (SSSR count). The summed E-state index contributed by atoms with van der Waals surface area (Å²) in [4.78, 5) is 4.77. The number of benzene rings is 2. The molecule has 4 nitrogen and oxygen atoms in total. The van der Waals surface area contributed by atoms with Crippen LogP contribution in [0.25, 0.3) is 0 Å². The van der Waals surface area contributed by atoms with E-state index < -0.39 is 0 Å². The molecule has 0 N–H and O–H groups in total. The number of hydrogen-bond donors (Lipinski definition) is 0. The number of rotatable bonds is 9. The van der Waals surface area contributed by atoms with E-state index in [0.29, 0.717) is 13.2 Å². The molecule has 0 radical (unpaired) electrons. The second-order valence-electron chi connectivity index (χ2n) is 5.98. The van der Waals surface area contributed by atoms with Gasteiger partial charge >= 0.3 is 0 Å². The lowest BCUT2D eigenvalue weighted by Crippen LogP contribution is -2.06. The van der Waals surface area contributed by atoms with E-state index in [9.17, 15) is 0 Å². The summed E-state index contributed by atoms with van der Waals surface area (Å²) in [5, 5.41) is 3.85. The van der Waals surface area contributed by atoms with Crippen LogP contribution in [-0.4, -0.2) is 26.5 Å². The highest BCUT2D eigenvalue weighted by Gasteiger charge is 2.08. The molecule has 0 fully saturated rings. The van der Waals surface area contributed by atoms with E-state index in [1.807, 2.05) is 63.3 Å². The lowest BCUT2D eigenvalue weighted by Gasteiger charge is -2.15. The van der Waals surface area contributed by atoms with Crippen molar-refractivity contribution in [1.29, 1.82) is 0 Å². The summed E-state index contributed by atoms with van der Waals surface area (Å²) in [6.07, 6.45) is 6.48. The zero-order valence-electron chi connectivity index (χ0n) is 16.0. The first kappa shape index (κ1) is 19.6. The second kappa shape index (κ2) is 10.3. The Balaban J connectivity index is 2.01. The van der Waals surface area contributed by atoms with Crippen LogP contribution in [0.2, 0.25) is 0 Å². The highest BCUT2D eigenvalue weighted by molar-refractivity contribution is 5.81. The van der Waals surface area contributed by atoms with Crippen molar-refractivity contribution in [1.82, 2.24) is 0 Å². The number of ether oxygens (including phenoxy) is 2. The van der Waals surface area contributed by atoms with E-state index >= 15 is 0 Å². The van der Waals surface area contributed by atoms with E-state index in [4.69, 9.17) is 14.3 Å². The largest absolute Gasteiger partial charge is 0.493 e. The lowest BCUT2D eigenvalue weighted by molar-refractivity contribution is 0.215. The van der Waals surface area contributed by atoms with Crippen LogP contribution in [0.4, 0.5) is 0 Å². The molecule has 0 aliphatic rings. The predicted molar refractivity (Wildman–Crippen MR) is 106 cm³/mol. The van der Waals surface area contributed by atoms with Crippen molar-refractivity contribution in [3.05, 3.63) is 70.8 Å². The molecule has 138 valence electrons. The Bertz CT molecular complexity index is 743. The Hall–Kier alpha value is -2.75. The fourth-order valence-electron chi connectivity index (χ4n) is 2.72. The Kier molecular flexibility index (Phi) is 7.75. The highest BCUT2D eigenvalue weighted by Crippen LogP contribution is 2.28. The molecule has 0 saturated carbocycles. The number of nitrogens with zero attached hydrogens (tertiary/aromatic N) is 1. The van der Waals surface area contributed by atoms with E-state index in [2.05, 4.69) is 11.2 Å². The lowest BCUT2D eigenvalue weighted by atomic mass is 10.1. The molecule has 0 unspecified atom stereocenters. The minimum Gasteiger partial charge on any atom is -0.493 e. The van der Waals surface area contributed by atoms with Crippen LogP contribution in [0.3, 0.4) is 0 Å². The topological polar surface area (TPSA) is 40.0 Å². The zero-order chi connectivity index (χ0) is 18.8. The van der Waals surface area contributed by atoms with Crippen LogP contribution < -0.4 is 9.47 Å². The fraction of sp³-hybridized carbons (Fsp3) is 0.318. The fourth-order valence-corrected chi connectivity index (χ4v) is 2.72. The van der Waals surface area contributed by atoms with Crippen molar-refractivity contribution in [2.24, 2.45) is 5.16 Å². The van der Waals surface area contributed by atoms with Gasteiger partial charge in [0.15, 0.2) is 0 Å². The van der Waals surface area contributed by atoms with Crippen molar-refractivity contribution >= 4 is 6.21 Å². The molecule has 0 bridgehead atoms. The van der Waals surface area contributed by atoms with Crippen LogP contribution >= 0.6 is 0 Å². The van der Waals surface area contributed by atoms with E-state index in [1.165, 1.54) is 5.56 Å². The molecule has 26 heavy (non-hydrogen) atoms. The molecule has 2 aromatic carbocycles. The number of allylic oxidation sites excluding steroid dienone is 1. The van der Waals surface area contributed by atoms with Crippen molar-refractivity contribution in [2.75, 3.05) is 20.3 Å². The van der Waals surface area contributed by atoms with E-state index in [0.717, 1.165) is 34.6 Å². The Morgan fingerprint density at radius 2 is 1.77 bits per heavy atom. The first-order valence-electron chi connectivity index (χ1n) is 8.78. The summed E-state index contributed by atoms with van der Waals surface area (Å²) in [5.41, 5.74) is 4.37. The van der Waals surface area contributed by atoms with E-state index in [-0.39, 0.29) is 0 Å². The third-order valence-corrected chi connectivity index (χ3v) is 3.99. The third kappa shape index (κ3) is 5.66. The maximum absolute atomic E-state index is 6.07. The number of aryl methyl sites for hydroxylation is 2. The van der Waals surface area contributed by atoms with Crippen molar-refractivity contribution in [3.63, 3.8) is 0 Å². The molecule has 2 aromatic rings. The molecule has 0 aliphatic heterocycles. The van der Waals surface area contributed by atoms with Gasteiger partial charge in [0.1, 0.15) is 25.2 Å². The molecule has 0 spiro atoms. The van der Waals surface area contributed by atoms with Crippen molar-refractivity contribution < 1.29 is 14.3 Å². The van der Waals surface area contributed by atoms with Crippen LogP contribution in [0.5, 0.6) is 11.5 Å². The third-order valence-electron chi connectivity index (χ3n) is 3.99. The molecule has 0 aromatic heterocycles. The van der Waals surface area contributed by atoms with Gasteiger partial charge in [-0.3, -0.25) is 0 Å². The van der Waals surface area contributed by atoms with Crippen LogP contribution in [-0.2, 0) is 11.3 Å². The molecule has 0 atom stereocenters. The van der Waals surface area contributed by atoms with Gasteiger partial charge < -0.3 is 14.3 Å². The Morgan fingerprint density at radius 3 is 2.46 bits per heavy atom. The summed E-state index contributed by atoms with van der Waals surface area (Å²) in [6.45, 7) is 7.25. The van der Waals surface area contributed by atoms with Gasteiger partial charge in [-0.25, -0.2) is 0 Å². The Morgan fingerprint density at radius 1 is 1.04 bits per heavy atom. The SMILES string of the molecule is C/C=C/COc1cc(C)c(OCCc2ccccc2/C=N/OC)c(C)c1. The average Bonchev–Trinajstić information content (AvgIpc) is 2.63. The summed E-state index contributed by atoms with van der Waals surface area (Å²) in [5.74, 6) is 1.79. The van der Waals surface area contributed by atoms with Gasteiger partial charge in [0.2, 0.25) is 0 Å². The van der Waals surface area contributed by atoms with Gasteiger partial charge in [0.05, 0.1) is 12.8 Å². The predicted octanol–water partition coefficient (Wildman–Crippen LogP) is 4.86. The number of hydrogen-bond acceptors (Lipinski definition) is 4.